The Bertz CT molecular complexity index is 105. The summed E-state index contributed by atoms with van der Waals surface area (Å²) in [7, 11) is 0. The van der Waals surface area contributed by atoms with E-state index < -0.39 is 0 Å². The third-order valence-electron chi connectivity index (χ3n) is 2.44. The van der Waals surface area contributed by atoms with Crippen LogP contribution >= 0.6 is 24.0 Å². The van der Waals surface area contributed by atoms with Crippen molar-refractivity contribution in [1.29, 1.82) is 0 Å². The van der Waals surface area contributed by atoms with Crippen LogP contribution in [0.2, 0.25) is 0 Å². The van der Waals surface area contributed by atoms with Crippen molar-refractivity contribution < 1.29 is 0 Å². The lowest BCUT2D eigenvalue weighted by Crippen LogP contribution is -2.51. The quantitative estimate of drug-likeness (QED) is 0.779. The van der Waals surface area contributed by atoms with Gasteiger partial charge in [-0.25, -0.2) is 0 Å². The van der Waals surface area contributed by atoms with Crippen LogP contribution in [0.15, 0.2) is 0 Å². The van der Waals surface area contributed by atoms with Crippen molar-refractivity contribution in [3.63, 3.8) is 0 Å². The molecule has 0 atom stereocenters. The molecular weight excluding hydrogens is 261 g/mol. The predicted octanol–water partition coefficient (Wildman–Crippen LogP) is 3.57. The number of hydrogen-bond acceptors (Lipinski definition) is 1. The Labute approximate surface area is 94.7 Å². The molecule has 0 rings (SSSR count). The fourth-order valence-corrected chi connectivity index (χ4v) is 1.09. The van der Waals surface area contributed by atoms with Crippen LogP contribution in [0, 0.1) is 0 Å². The van der Waals surface area contributed by atoms with Gasteiger partial charge in [-0.2, -0.15) is 0 Å². The second-order valence-corrected chi connectivity index (χ2v) is 4.60. The van der Waals surface area contributed by atoms with E-state index in [0.717, 1.165) is 0 Å². The van der Waals surface area contributed by atoms with E-state index in [1.807, 2.05) is 0 Å². The topological polar surface area (TPSA) is 12.0 Å². The Kier molecular flexibility index (Phi) is 6.86. The highest BCUT2D eigenvalue weighted by molar-refractivity contribution is 14.0. The third-order valence-corrected chi connectivity index (χ3v) is 2.44. The average Bonchev–Trinajstić information content (AvgIpc) is 1.86. The van der Waals surface area contributed by atoms with E-state index in [4.69, 9.17) is 0 Å². The summed E-state index contributed by atoms with van der Waals surface area (Å²) in [5.74, 6) is 0. The van der Waals surface area contributed by atoms with Gasteiger partial charge >= 0.3 is 0 Å². The van der Waals surface area contributed by atoms with Crippen LogP contribution in [-0.4, -0.2) is 11.1 Å². The van der Waals surface area contributed by atoms with Gasteiger partial charge in [-0.05, 0) is 40.5 Å². The van der Waals surface area contributed by atoms with Crippen LogP contribution in [-0.2, 0) is 0 Å². The van der Waals surface area contributed by atoms with E-state index in [-0.39, 0.29) is 35.1 Å². The van der Waals surface area contributed by atoms with Crippen LogP contribution < -0.4 is 5.32 Å². The number of halogens is 1. The SMILES string of the molecule is CCC(C)(C)NC(C)(C)CC.I. The summed E-state index contributed by atoms with van der Waals surface area (Å²) in [6.07, 6.45) is 2.35. The van der Waals surface area contributed by atoms with E-state index in [0.29, 0.717) is 0 Å². The summed E-state index contributed by atoms with van der Waals surface area (Å²) < 4.78 is 0. The molecule has 0 heterocycles. The zero-order chi connectivity index (χ0) is 9.12. The molecule has 1 nitrogen and oxygen atoms in total. The Morgan fingerprint density at radius 1 is 0.833 bits per heavy atom. The van der Waals surface area contributed by atoms with Gasteiger partial charge in [0, 0.05) is 11.1 Å². The summed E-state index contributed by atoms with van der Waals surface area (Å²) in [4.78, 5) is 0. The summed E-state index contributed by atoms with van der Waals surface area (Å²) in [6.45, 7) is 13.5. The minimum Gasteiger partial charge on any atom is -0.307 e. The molecule has 0 aliphatic rings. The Morgan fingerprint density at radius 3 is 1.25 bits per heavy atom. The van der Waals surface area contributed by atoms with Crippen LogP contribution in [0.3, 0.4) is 0 Å². The summed E-state index contributed by atoms with van der Waals surface area (Å²) in [5.41, 5.74) is 0.555. The first-order valence-corrected chi connectivity index (χ1v) is 4.62. The van der Waals surface area contributed by atoms with E-state index in [9.17, 15) is 0 Å². The lowest BCUT2D eigenvalue weighted by Gasteiger charge is -2.36. The highest BCUT2D eigenvalue weighted by Crippen LogP contribution is 2.16. The van der Waals surface area contributed by atoms with E-state index >= 15 is 0 Å². The van der Waals surface area contributed by atoms with Crippen molar-refractivity contribution in [2.24, 2.45) is 0 Å². The summed E-state index contributed by atoms with van der Waals surface area (Å²) >= 11 is 0. The van der Waals surface area contributed by atoms with Gasteiger partial charge in [-0.1, -0.05) is 13.8 Å². The molecule has 12 heavy (non-hydrogen) atoms. The first-order chi connectivity index (χ1) is 4.83. The molecule has 76 valence electrons. The lowest BCUT2D eigenvalue weighted by molar-refractivity contribution is 0.252. The lowest BCUT2D eigenvalue weighted by atomic mass is 9.93. The van der Waals surface area contributed by atoms with Gasteiger partial charge < -0.3 is 5.32 Å². The zero-order valence-electron chi connectivity index (χ0n) is 9.32. The predicted molar refractivity (Wildman–Crippen MR) is 67.3 cm³/mol. The normalized spacial score (nSPS) is 12.5. The molecule has 0 aromatic carbocycles. The van der Waals surface area contributed by atoms with Crippen LogP contribution in [0.1, 0.15) is 54.4 Å². The largest absolute Gasteiger partial charge is 0.307 e. The van der Waals surface area contributed by atoms with Gasteiger partial charge in [-0.3, -0.25) is 0 Å². The monoisotopic (exact) mass is 285 g/mol. The minimum absolute atomic E-state index is 0. The molecule has 0 aromatic heterocycles. The molecule has 2 heteroatoms. The van der Waals surface area contributed by atoms with Crippen molar-refractivity contribution in [3.05, 3.63) is 0 Å². The first kappa shape index (κ1) is 15.2. The second-order valence-electron chi connectivity index (χ2n) is 4.60. The maximum atomic E-state index is 3.63. The van der Waals surface area contributed by atoms with Gasteiger partial charge in [0.05, 0.1) is 0 Å². The highest BCUT2D eigenvalue weighted by atomic mass is 127. The van der Waals surface area contributed by atoms with Gasteiger partial charge in [0.15, 0.2) is 0 Å². The third kappa shape index (κ3) is 6.23. The molecule has 0 aromatic rings. The minimum atomic E-state index is 0. The van der Waals surface area contributed by atoms with Crippen molar-refractivity contribution in [3.8, 4) is 0 Å². The van der Waals surface area contributed by atoms with Crippen molar-refractivity contribution in [2.45, 2.75) is 65.5 Å². The number of rotatable bonds is 4. The molecule has 0 bridgehead atoms. The van der Waals surface area contributed by atoms with Gasteiger partial charge in [-0.15, -0.1) is 24.0 Å². The summed E-state index contributed by atoms with van der Waals surface area (Å²) in [6, 6.07) is 0. The fourth-order valence-electron chi connectivity index (χ4n) is 1.09. The Balaban J connectivity index is 0. The standard InChI is InChI=1S/C10H23N.HI/c1-7-9(3,4)11-10(5,6)8-2;/h11H,7-8H2,1-6H3;1H. The van der Waals surface area contributed by atoms with Crippen LogP contribution in [0.25, 0.3) is 0 Å². The highest BCUT2D eigenvalue weighted by Gasteiger charge is 2.23. The molecular formula is C10H24IN. The van der Waals surface area contributed by atoms with Crippen LogP contribution in [0.5, 0.6) is 0 Å². The van der Waals surface area contributed by atoms with Gasteiger partial charge in [0.1, 0.15) is 0 Å². The number of nitrogens with one attached hydrogen (secondary N) is 1. The van der Waals surface area contributed by atoms with E-state index in [1.54, 1.807) is 0 Å². The Morgan fingerprint density at radius 2 is 1.08 bits per heavy atom. The molecule has 0 aliphatic carbocycles. The van der Waals surface area contributed by atoms with Crippen LogP contribution in [0.4, 0.5) is 0 Å². The van der Waals surface area contributed by atoms with Crippen molar-refractivity contribution in [1.82, 2.24) is 5.32 Å². The zero-order valence-corrected chi connectivity index (χ0v) is 11.7. The summed E-state index contributed by atoms with van der Waals surface area (Å²) in [5, 5.41) is 3.63. The molecule has 0 unspecified atom stereocenters. The van der Waals surface area contributed by atoms with Gasteiger partial charge in [0.2, 0.25) is 0 Å². The van der Waals surface area contributed by atoms with Crippen molar-refractivity contribution >= 4 is 24.0 Å². The maximum Gasteiger partial charge on any atom is 0.0127 e. The first-order valence-electron chi connectivity index (χ1n) is 4.62. The average molecular weight is 285 g/mol. The maximum absolute atomic E-state index is 3.63. The molecule has 0 spiro atoms. The second kappa shape index (κ2) is 5.43. The van der Waals surface area contributed by atoms with E-state index in [2.05, 4.69) is 46.9 Å². The molecule has 0 aliphatic heterocycles. The molecule has 0 radical (unpaired) electrons. The van der Waals surface area contributed by atoms with Crippen molar-refractivity contribution in [2.75, 3.05) is 0 Å². The molecule has 0 saturated heterocycles. The fraction of sp³-hybridized carbons (Fsp3) is 1.00. The molecule has 0 fully saturated rings. The molecule has 0 saturated carbocycles. The Hall–Kier alpha value is 0.690. The smallest absolute Gasteiger partial charge is 0.0127 e. The number of hydrogen-bond donors (Lipinski definition) is 1. The molecule has 1 N–H and O–H groups in total. The molecule has 0 amide bonds. The van der Waals surface area contributed by atoms with E-state index in [1.165, 1.54) is 12.8 Å². The van der Waals surface area contributed by atoms with Gasteiger partial charge in [0.25, 0.3) is 0 Å².